The molecular weight excluding hydrogens is 80.0 g/mol. The van der Waals surface area contributed by atoms with Gasteiger partial charge in [0.15, 0.2) is 6.33 Å². The van der Waals surface area contributed by atoms with Crippen molar-refractivity contribution in [3.8, 4) is 0 Å². The molecule has 3 nitrogen and oxygen atoms in total. The van der Waals surface area contributed by atoms with Crippen LogP contribution in [-0.4, -0.2) is 10.1 Å². The summed E-state index contributed by atoms with van der Waals surface area (Å²) in [4.78, 5) is 3.64. The van der Waals surface area contributed by atoms with Crippen LogP contribution in [0.1, 0.15) is 5.89 Å². The van der Waals surface area contributed by atoms with Gasteiger partial charge in [0.05, 0.1) is 0 Å². The molecule has 1 heterocycles. The van der Waals surface area contributed by atoms with Crippen molar-refractivity contribution in [2.45, 2.75) is 6.92 Å². The zero-order valence-electron chi connectivity index (χ0n) is 3.38. The van der Waals surface area contributed by atoms with E-state index >= 15 is 0 Å². The van der Waals surface area contributed by atoms with Crippen LogP contribution in [0.4, 0.5) is 0 Å². The summed E-state index contributed by atoms with van der Waals surface area (Å²) in [6.07, 6.45) is 1.37. The van der Waals surface area contributed by atoms with Gasteiger partial charge < -0.3 is 4.52 Å². The van der Waals surface area contributed by atoms with Crippen LogP contribution < -0.4 is 0 Å². The third-order valence-corrected chi connectivity index (χ3v) is 0.471. The maximum absolute atomic E-state index is 4.47. The highest BCUT2D eigenvalue weighted by atomic mass is 16.5. The fourth-order valence-corrected chi connectivity index (χ4v) is 0.228. The minimum Gasteiger partial charge on any atom is -0.340 e. The summed E-state index contributed by atoms with van der Waals surface area (Å²) in [5.74, 6) is 0.606. The molecule has 0 spiro atoms. The van der Waals surface area contributed by atoms with E-state index in [1.807, 2.05) is 0 Å². The van der Waals surface area contributed by atoms with Gasteiger partial charge in [-0.15, -0.1) is 0 Å². The number of hydrogen-bond donors (Lipinski definition) is 0. The molecular formula is C3H4N2O. The fourth-order valence-electron chi connectivity index (χ4n) is 0.228. The Morgan fingerprint density at radius 1 is 1.83 bits per heavy atom. The molecule has 32 valence electrons. The first-order valence-corrected chi connectivity index (χ1v) is 1.63. The summed E-state index contributed by atoms with van der Waals surface area (Å²) in [5, 5.41) is 3.34. The first-order chi connectivity index (χ1) is 2.89. The Morgan fingerprint density at radius 3 is 2.83 bits per heavy atom. The molecule has 1 aromatic heterocycles. The molecule has 0 aliphatic rings. The van der Waals surface area contributed by atoms with Crippen molar-refractivity contribution in [1.82, 2.24) is 10.1 Å². The van der Waals surface area contributed by atoms with E-state index in [9.17, 15) is 0 Å². The predicted molar refractivity (Wildman–Crippen MR) is 19.0 cm³/mol. The summed E-state index contributed by atoms with van der Waals surface area (Å²) in [7, 11) is 0. The van der Waals surface area contributed by atoms with Gasteiger partial charge in [-0.2, -0.15) is 4.98 Å². The molecule has 0 fully saturated rings. The monoisotopic (exact) mass is 84.0 g/mol. The quantitative estimate of drug-likeness (QED) is 0.456. The van der Waals surface area contributed by atoms with Crippen LogP contribution in [0.3, 0.4) is 0 Å². The van der Waals surface area contributed by atoms with Gasteiger partial charge in [0.1, 0.15) is 0 Å². The highest BCUT2D eigenvalue weighted by Crippen LogP contribution is 1.80. The molecule has 0 unspecified atom stereocenters. The molecule has 0 saturated heterocycles. The van der Waals surface area contributed by atoms with Crippen molar-refractivity contribution in [2.75, 3.05) is 0 Å². The number of hydrogen-bond acceptors (Lipinski definition) is 3. The summed E-state index contributed by atoms with van der Waals surface area (Å²) in [6, 6.07) is 0. The largest absolute Gasteiger partial charge is 0.340 e. The van der Waals surface area contributed by atoms with Gasteiger partial charge in [-0.05, 0) is 0 Å². The highest BCUT2D eigenvalue weighted by Gasteiger charge is 1.79. The standard InChI is InChI=1S/C3H4N2O/c1-3-4-2-5-6-3/h2H,1H3. The number of rotatable bonds is 0. The topological polar surface area (TPSA) is 38.9 Å². The second-order valence-corrected chi connectivity index (χ2v) is 0.960. The SMILES string of the molecule is Cc1ncno1. The second kappa shape index (κ2) is 1.08. The van der Waals surface area contributed by atoms with E-state index in [0.717, 1.165) is 0 Å². The Hall–Kier alpha value is -0.860. The molecule has 6 heavy (non-hydrogen) atoms. The van der Waals surface area contributed by atoms with Crippen LogP contribution in [0.5, 0.6) is 0 Å². The number of aromatic nitrogens is 2. The Bertz CT molecular complexity index is 112. The van der Waals surface area contributed by atoms with Gasteiger partial charge >= 0.3 is 0 Å². The Kier molecular flexibility index (Phi) is 0.602. The fraction of sp³-hybridized carbons (Fsp3) is 0.333. The van der Waals surface area contributed by atoms with Crippen molar-refractivity contribution < 1.29 is 4.52 Å². The van der Waals surface area contributed by atoms with Gasteiger partial charge in [0, 0.05) is 6.92 Å². The van der Waals surface area contributed by atoms with Crippen molar-refractivity contribution in [2.24, 2.45) is 0 Å². The minimum absolute atomic E-state index is 0.606. The molecule has 0 N–H and O–H groups in total. The van der Waals surface area contributed by atoms with Gasteiger partial charge in [-0.3, -0.25) is 0 Å². The van der Waals surface area contributed by atoms with E-state index in [-0.39, 0.29) is 0 Å². The van der Waals surface area contributed by atoms with Gasteiger partial charge in [0.25, 0.3) is 0 Å². The maximum Gasteiger partial charge on any atom is 0.223 e. The molecule has 3 heteroatoms. The average Bonchev–Trinajstić information content (AvgIpc) is 1.86. The van der Waals surface area contributed by atoms with E-state index in [0.29, 0.717) is 5.89 Å². The third-order valence-electron chi connectivity index (χ3n) is 0.471. The van der Waals surface area contributed by atoms with Crippen molar-refractivity contribution in [1.29, 1.82) is 0 Å². The Morgan fingerprint density at radius 2 is 2.67 bits per heavy atom. The molecule has 0 aliphatic heterocycles. The molecule has 0 aliphatic carbocycles. The second-order valence-electron chi connectivity index (χ2n) is 0.960. The van der Waals surface area contributed by atoms with Gasteiger partial charge in [-0.25, -0.2) is 0 Å². The molecule has 0 aromatic carbocycles. The van der Waals surface area contributed by atoms with E-state index in [1.165, 1.54) is 6.33 Å². The summed E-state index contributed by atoms with van der Waals surface area (Å²) in [5.41, 5.74) is 0. The smallest absolute Gasteiger partial charge is 0.223 e. The lowest BCUT2D eigenvalue weighted by Crippen LogP contribution is -1.59. The van der Waals surface area contributed by atoms with Gasteiger partial charge in [0.2, 0.25) is 5.89 Å². The van der Waals surface area contributed by atoms with E-state index in [4.69, 9.17) is 0 Å². The maximum atomic E-state index is 4.47. The molecule has 0 atom stereocenters. The summed E-state index contributed by atoms with van der Waals surface area (Å²) in [6.45, 7) is 1.74. The van der Waals surface area contributed by atoms with Gasteiger partial charge in [-0.1, -0.05) is 5.16 Å². The molecule has 1 rings (SSSR count). The van der Waals surface area contributed by atoms with E-state index < -0.39 is 0 Å². The molecule has 0 amide bonds. The lowest BCUT2D eigenvalue weighted by Gasteiger charge is -1.63. The highest BCUT2D eigenvalue weighted by molar-refractivity contribution is 4.62. The van der Waals surface area contributed by atoms with Crippen LogP contribution in [0.25, 0.3) is 0 Å². The zero-order chi connectivity index (χ0) is 4.41. The summed E-state index contributed by atoms with van der Waals surface area (Å²) < 4.78 is 4.47. The number of nitrogens with zero attached hydrogens (tertiary/aromatic N) is 2. The molecule has 1 aromatic rings. The number of aryl methyl sites for hydroxylation is 1. The van der Waals surface area contributed by atoms with Crippen molar-refractivity contribution >= 4 is 0 Å². The van der Waals surface area contributed by atoms with Crippen LogP contribution in [0.15, 0.2) is 10.9 Å². The molecule has 0 radical (unpaired) electrons. The Labute approximate surface area is 35.0 Å². The minimum atomic E-state index is 0.606. The predicted octanol–water partition coefficient (Wildman–Crippen LogP) is 0.378. The summed E-state index contributed by atoms with van der Waals surface area (Å²) >= 11 is 0. The molecule has 0 saturated carbocycles. The molecule has 0 bridgehead atoms. The third kappa shape index (κ3) is 0.381. The lowest BCUT2D eigenvalue weighted by atomic mass is 10.8. The van der Waals surface area contributed by atoms with Crippen LogP contribution >= 0.6 is 0 Å². The average molecular weight is 84.1 g/mol. The van der Waals surface area contributed by atoms with E-state index in [1.54, 1.807) is 6.92 Å². The van der Waals surface area contributed by atoms with Crippen LogP contribution in [0, 0.1) is 6.92 Å². The van der Waals surface area contributed by atoms with E-state index in [2.05, 4.69) is 14.7 Å². The van der Waals surface area contributed by atoms with Crippen LogP contribution in [0.2, 0.25) is 0 Å². The normalized spacial score (nSPS) is 8.83. The first-order valence-electron chi connectivity index (χ1n) is 1.63. The Balaban J connectivity index is 3.05. The first kappa shape index (κ1) is 3.33. The van der Waals surface area contributed by atoms with Crippen molar-refractivity contribution in [3.05, 3.63) is 12.2 Å². The van der Waals surface area contributed by atoms with Crippen molar-refractivity contribution in [3.63, 3.8) is 0 Å². The van der Waals surface area contributed by atoms with Crippen LogP contribution in [-0.2, 0) is 0 Å². The zero-order valence-corrected chi connectivity index (χ0v) is 3.38. The lowest BCUT2D eigenvalue weighted by molar-refractivity contribution is 0.392.